The Kier molecular flexibility index (Phi) is 7.58. The fourth-order valence-corrected chi connectivity index (χ4v) is 6.29. The van der Waals surface area contributed by atoms with E-state index < -0.39 is 0 Å². The third-order valence-electron chi connectivity index (χ3n) is 8.15. The van der Waals surface area contributed by atoms with Crippen LogP contribution >= 0.6 is 0 Å². The van der Waals surface area contributed by atoms with E-state index in [1.807, 2.05) is 0 Å². The molecule has 3 saturated heterocycles. The van der Waals surface area contributed by atoms with Gasteiger partial charge < -0.3 is 9.64 Å². The number of nitrogens with zero attached hydrogens (tertiary/aromatic N) is 3. The van der Waals surface area contributed by atoms with Gasteiger partial charge in [-0.25, -0.2) is 0 Å². The normalized spacial score (nSPS) is 27.4. The lowest BCUT2D eigenvalue weighted by Gasteiger charge is -2.46. The van der Waals surface area contributed by atoms with Crippen LogP contribution in [0.5, 0.6) is 0 Å². The SMILES string of the molecule is O=C1CCc2cc(CN3CCN4CC(COCCCN5CCCCC5)CCC4C3)ccc21. The van der Waals surface area contributed by atoms with Crippen molar-refractivity contribution in [2.24, 2.45) is 5.92 Å². The molecule has 3 heterocycles. The number of ether oxygens (including phenoxy) is 1. The predicted molar refractivity (Wildman–Crippen MR) is 128 cm³/mol. The number of hydrogen-bond acceptors (Lipinski definition) is 5. The average Bonchev–Trinajstić information content (AvgIpc) is 3.19. The first-order valence-corrected chi connectivity index (χ1v) is 13.2. The minimum atomic E-state index is 0.322. The van der Waals surface area contributed by atoms with Gasteiger partial charge in [-0.05, 0) is 68.7 Å². The number of hydrogen-bond donors (Lipinski definition) is 0. The van der Waals surface area contributed by atoms with Crippen molar-refractivity contribution in [1.82, 2.24) is 14.7 Å². The van der Waals surface area contributed by atoms with E-state index in [-0.39, 0.29) is 0 Å². The molecule has 0 aromatic heterocycles. The lowest BCUT2D eigenvalue weighted by molar-refractivity contribution is -0.00316. The van der Waals surface area contributed by atoms with Crippen LogP contribution in [0.4, 0.5) is 0 Å². The fraction of sp³-hybridized carbons (Fsp3) is 0.741. The van der Waals surface area contributed by atoms with Crippen LogP contribution in [0.3, 0.4) is 0 Å². The lowest BCUT2D eigenvalue weighted by atomic mass is 9.91. The summed E-state index contributed by atoms with van der Waals surface area (Å²) in [6, 6.07) is 7.23. The largest absolute Gasteiger partial charge is 0.381 e. The van der Waals surface area contributed by atoms with Crippen molar-refractivity contribution in [3.63, 3.8) is 0 Å². The Morgan fingerprint density at radius 3 is 2.75 bits per heavy atom. The van der Waals surface area contributed by atoms with Crippen molar-refractivity contribution in [3.8, 4) is 0 Å². The molecular formula is C27H41N3O2. The van der Waals surface area contributed by atoms with Crippen LogP contribution in [0.25, 0.3) is 0 Å². The quantitative estimate of drug-likeness (QED) is 0.579. The maximum absolute atomic E-state index is 11.9. The Morgan fingerprint density at radius 2 is 1.84 bits per heavy atom. The van der Waals surface area contributed by atoms with Gasteiger partial charge in [0.1, 0.15) is 0 Å². The molecule has 5 heteroatoms. The van der Waals surface area contributed by atoms with Crippen LogP contribution in [0.1, 0.15) is 66.4 Å². The Morgan fingerprint density at radius 1 is 0.938 bits per heavy atom. The Balaban J connectivity index is 1.00. The number of ketones is 1. The molecule has 0 spiro atoms. The molecule has 0 radical (unpaired) electrons. The highest BCUT2D eigenvalue weighted by atomic mass is 16.5. The summed E-state index contributed by atoms with van der Waals surface area (Å²) in [5, 5.41) is 0. The van der Waals surface area contributed by atoms with Crippen molar-refractivity contribution in [2.45, 2.75) is 64.0 Å². The van der Waals surface area contributed by atoms with Gasteiger partial charge in [0.15, 0.2) is 5.78 Å². The highest BCUT2D eigenvalue weighted by Crippen LogP contribution is 2.27. The van der Waals surface area contributed by atoms with Crippen molar-refractivity contribution >= 4 is 5.78 Å². The second-order valence-electron chi connectivity index (χ2n) is 10.6. The summed E-state index contributed by atoms with van der Waals surface area (Å²) in [7, 11) is 0. The number of aryl methyl sites for hydroxylation is 1. The molecule has 0 bridgehead atoms. The van der Waals surface area contributed by atoms with Crippen molar-refractivity contribution < 1.29 is 9.53 Å². The summed E-state index contributed by atoms with van der Waals surface area (Å²) in [5.74, 6) is 1.03. The molecule has 3 aliphatic heterocycles. The Labute approximate surface area is 194 Å². The van der Waals surface area contributed by atoms with Gasteiger partial charge in [-0.1, -0.05) is 24.6 Å². The second kappa shape index (κ2) is 10.8. The van der Waals surface area contributed by atoms with Gasteiger partial charge in [-0.3, -0.25) is 14.6 Å². The van der Waals surface area contributed by atoms with Crippen molar-refractivity contribution in [1.29, 1.82) is 0 Å². The summed E-state index contributed by atoms with van der Waals surface area (Å²) in [4.78, 5) is 19.8. The fourth-order valence-electron chi connectivity index (χ4n) is 6.29. The van der Waals surface area contributed by atoms with Gasteiger partial charge in [-0.15, -0.1) is 0 Å². The first kappa shape index (κ1) is 22.5. The molecule has 3 fully saturated rings. The first-order chi connectivity index (χ1) is 15.7. The third kappa shape index (κ3) is 5.61. The van der Waals surface area contributed by atoms with Crippen LogP contribution in [0, 0.1) is 5.92 Å². The van der Waals surface area contributed by atoms with E-state index in [0.29, 0.717) is 24.2 Å². The zero-order valence-corrected chi connectivity index (χ0v) is 19.8. The first-order valence-electron chi connectivity index (χ1n) is 13.2. The average molecular weight is 440 g/mol. The van der Waals surface area contributed by atoms with Gasteiger partial charge in [0.2, 0.25) is 0 Å². The number of piperidine rings is 2. The molecule has 0 N–H and O–H groups in total. The van der Waals surface area contributed by atoms with Gasteiger partial charge in [0, 0.05) is 63.9 Å². The number of carbonyl (C=O) groups is 1. The molecule has 2 atom stereocenters. The van der Waals surface area contributed by atoms with E-state index in [0.717, 1.165) is 38.3 Å². The Bertz CT molecular complexity index is 776. The molecular weight excluding hydrogens is 398 g/mol. The van der Waals surface area contributed by atoms with E-state index in [9.17, 15) is 4.79 Å². The summed E-state index contributed by atoms with van der Waals surface area (Å²) < 4.78 is 6.10. The molecule has 0 amide bonds. The summed E-state index contributed by atoms with van der Waals surface area (Å²) in [6.07, 6.45) is 9.60. The van der Waals surface area contributed by atoms with Gasteiger partial charge in [0.25, 0.3) is 0 Å². The standard InChI is InChI=1S/C27H41N3O2/c31-27-10-7-24-17-22(6-9-26(24)27)18-29-14-15-30-19-23(5-8-25(30)20-29)21-32-16-4-13-28-11-2-1-3-12-28/h6,9,17,23,25H,1-5,7-8,10-16,18-21H2. The molecule has 0 saturated carbocycles. The molecule has 32 heavy (non-hydrogen) atoms. The van der Waals surface area contributed by atoms with E-state index >= 15 is 0 Å². The molecule has 4 aliphatic rings. The number of Topliss-reactive ketones (excluding diaryl/α,β-unsaturated/α-hetero) is 1. The number of carbonyl (C=O) groups excluding carboxylic acids is 1. The molecule has 2 unspecified atom stereocenters. The number of piperazine rings is 1. The maximum atomic E-state index is 11.9. The van der Waals surface area contributed by atoms with Gasteiger partial charge in [0.05, 0.1) is 6.61 Å². The van der Waals surface area contributed by atoms with Crippen LogP contribution in [-0.2, 0) is 17.7 Å². The molecule has 176 valence electrons. The molecule has 1 aromatic rings. The molecule has 1 aromatic carbocycles. The zero-order chi connectivity index (χ0) is 21.8. The van der Waals surface area contributed by atoms with E-state index in [2.05, 4.69) is 32.9 Å². The van der Waals surface area contributed by atoms with Crippen molar-refractivity contribution in [3.05, 3.63) is 34.9 Å². The van der Waals surface area contributed by atoms with Crippen LogP contribution in [-0.4, -0.2) is 85.6 Å². The summed E-state index contributed by atoms with van der Waals surface area (Å²) in [5.41, 5.74) is 3.60. The minimum Gasteiger partial charge on any atom is -0.381 e. The van der Waals surface area contributed by atoms with Crippen LogP contribution < -0.4 is 0 Å². The monoisotopic (exact) mass is 439 g/mol. The number of fused-ring (bicyclic) bond motifs is 2. The molecule has 5 rings (SSSR count). The van der Waals surface area contributed by atoms with E-state index in [4.69, 9.17) is 4.74 Å². The zero-order valence-electron chi connectivity index (χ0n) is 19.8. The van der Waals surface area contributed by atoms with Gasteiger partial charge >= 0.3 is 0 Å². The number of benzene rings is 1. The van der Waals surface area contributed by atoms with Crippen LogP contribution in [0.15, 0.2) is 18.2 Å². The highest BCUT2D eigenvalue weighted by molar-refractivity contribution is 6.00. The minimum absolute atomic E-state index is 0.322. The van der Waals surface area contributed by atoms with E-state index in [1.54, 1.807) is 0 Å². The molecule has 5 nitrogen and oxygen atoms in total. The van der Waals surface area contributed by atoms with Gasteiger partial charge in [-0.2, -0.15) is 0 Å². The maximum Gasteiger partial charge on any atom is 0.163 e. The van der Waals surface area contributed by atoms with Crippen LogP contribution in [0.2, 0.25) is 0 Å². The second-order valence-corrected chi connectivity index (χ2v) is 10.6. The third-order valence-corrected chi connectivity index (χ3v) is 8.15. The number of likely N-dealkylation sites (tertiary alicyclic amines) is 1. The summed E-state index contributed by atoms with van der Waals surface area (Å²) >= 11 is 0. The lowest BCUT2D eigenvalue weighted by Crippen LogP contribution is -2.56. The summed E-state index contributed by atoms with van der Waals surface area (Å²) in [6.45, 7) is 11.4. The Hall–Kier alpha value is -1.27. The van der Waals surface area contributed by atoms with Crippen molar-refractivity contribution in [2.75, 3.05) is 59.0 Å². The smallest absolute Gasteiger partial charge is 0.163 e. The highest BCUT2D eigenvalue weighted by Gasteiger charge is 2.33. The predicted octanol–water partition coefficient (Wildman–Crippen LogP) is 3.60. The number of rotatable bonds is 8. The van der Waals surface area contributed by atoms with E-state index in [1.165, 1.54) is 88.9 Å². The molecule has 1 aliphatic carbocycles. The topological polar surface area (TPSA) is 36.0 Å².